The molecule has 1 heterocycles. The highest BCUT2D eigenvalue weighted by atomic mass is 19.1. The van der Waals surface area contributed by atoms with Gasteiger partial charge in [-0.15, -0.1) is 0 Å². The first kappa shape index (κ1) is 18.0. The van der Waals surface area contributed by atoms with Crippen molar-refractivity contribution in [1.29, 1.82) is 0 Å². The second kappa shape index (κ2) is 8.52. The Bertz CT molecular complexity index is 660. The van der Waals surface area contributed by atoms with Gasteiger partial charge in [-0.2, -0.15) is 0 Å². The summed E-state index contributed by atoms with van der Waals surface area (Å²) in [6.07, 6.45) is 0.695. The highest BCUT2D eigenvalue weighted by molar-refractivity contribution is 5.18. The minimum absolute atomic E-state index is 0.137. The van der Waals surface area contributed by atoms with E-state index in [0.29, 0.717) is 18.5 Å². The molecule has 0 spiro atoms. The predicted octanol–water partition coefficient (Wildman–Crippen LogP) is 3.03. The van der Waals surface area contributed by atoms with Gasteiger partial charge >= 0.3 is 0 Å². The Labute approximate surface area is 147 Å². The second-order valence-electron chi connectivity index (χ2n) is 6.63. The summed E-state index contributed by atoms with van der Waals surface area (Å²) in [7, 11) is 0. The van der Waals surface area contributed by atoms with Crippen LogP contribution in [-0.2, 0) is 13.1 Å². The lowest BCUT2D eigenvalue weighted by molar-refractivity contribution is 0.0499. The third-order valence-electron chi connectivity index (χ3n) is 4.71. The maximum absolute atomic E-state index is 13.4. The first-order valence-electron chi connectivity index (χ1n) is 8.70. The molecule has 3 rings (SSSR count). The minimum atomic E-state index is -0.537. The molecule has 5 heteroatoms. The summed E-state index contributed by atoms with van der Waals surface area (Å²) < 4.78 is 26.8. The van der Waals surface area contributed by atoms with E-state index in [4.69, 9.17) is 0 Å². The standard InChI is InChI=1S/C20H24F2N2O/c21-18-10-17(11-19(22)12-18)13-23-7-8-24(20(15-23)6-9-25)14-16-4-2-1-3-5-16/h1-5,10-12,20,25H,6-9,13-15H2. The summed E-state index contributed by atoms with van der Waals surface area (Å²) in [5.74, 6) is -1.07. The van der Waals surface area contributed by atoms with Crippen LogP contribution in [0.25, 0.3) is 0 Å². The summed E-state index contributed by atoms with van der Waals surface area (Å²) in [5.41, 5.74) is 1.91. The molecule has 3 nitrogen and oxygen atoms in total. The molecule has 1 saturated heterocycles. The van der Waals surface area contributed by atoms with Gasteiger partial charge in [0.25, 0.3) is 0 Å². The summed E-state index contributed by atoms with van der Waals surface area (Å²) >= 11 is 0. The average molecular weight is 346 g/mol. The van der Waals surface area contributed by atoms with Gasteiger partial charge in [-0.3, -0.25) is 9.80 Å². The maximum Gasteiger partial charge on any atom is 0.126 e. The SMILES string of the molecule is OCCC1CN(Cc2cc(F)cc(F)c2)CCN1Cc1ccccc1. The molecule has 2 aromatic carbocycles. The number of rotatable bonds is 6. The van der Waals surface area contributed by atoms with Crippen LogP contribution < -0.4 is 0 Å². The van der Waals surface area contributed by atoms with Crippen LogP contribution in [0, 0.1) is 11.6 Å². The number of halogens is 2. The van der Waals surface area contributed by atoms with Crippen LogP contribution in [0.1, 0.15) is 17.5 Å². The molecular weight excluding hydrogens is 322 g/mol. The van der Waals surface area contributed by atoms with E-state index in [1.54, 1.807) is 0 Å². The molecule has 2 aromatic rings. The number of hydrogen-bond donors (Lipinski definition) is 1. The van der Waals surface area contributed by atoms with Crippen LogP contribution in [0.5, 0.6) is 0 Å². The zero-order valence-electron chi connectivity index (χ0n) is 14.2. The predicted molar refractivity (Wildman–Crippen MR) is 94.0 cm³/mol. The second-order valence-corrected chi connectivity index (χ2v) is 6.63. The van der Waals surface area contributed by atoms with E-state index < -0.39 is 11.6 Å². The number of hydrogen-bond acceptors (Lipinski definition) is 3. The third-order valence-corrected chi connectivity index (χ3v) is 4.71. The lowest BCUT2D eigenvalue weighted by Gasteiger charge is -2.41. The maximum atomic E-state index is 13.4. The van der Waals surface area contributed by atoms with Crippen molar-refractivity contribution in [3.8, 4) is 0 Å². The largest absolute Gasteiger partial charge is 0.396 e. The fourth-order valence-corrected chi connectivity index (χ4v) is 3.51. The van der Waals surface area contributed by atoms with E-state index >= 15 is 0 Å². The van der Waals surface area contributed by atoms with E-state index in [9.17, 15) is 13.9 Å². The van der Waals surface area contributed by atoms with Crippen LogP contribution in [0.2, 0.25) is 0 Å². The van der Waals surface area contributed by atoms with Gasteiger partial charge in [-0.1, -0.05) is 30.3 Å². The smallest absolute Gasteiger partial charge is 0.126 e. The Balaban J connectivity index is 1.64. The van der Waals surface area contributed by atoms with Crippen LogP contribution in [0.15, 0.2) is 48.5 Å². The van der Waals surface area contributed by atoms with Gasteiger partial charge in [0.05, 0.1) is 0 Å². The molecule has 1 aliphatic heterocycles. The van der Waals surface area contributed by atoms with Gasteiger partial charge in [0.1, 0.15) is 11.6 Å². The number of aliphatic hydroxyl groups excluding tert-OH is 1. The topological polar surface area (TPSA) is 26.7 Å². The van der Waals surface area contributed by atoms with E-state index in [-0.39, 0.29) is 12.6 Å². The van der Waals surface area contributed by atoms with Crippen molar-refractivity contribution in [3.05, 3.63) is 71.3 Å². The molecule has 25 heavy (non-hydrogen) atoms. The van der Waals surface area contributed by atoms with Crippen LogP contribution in [-0.4, -0.2) is 47.2 Å². The summed E-state index contributed by atoms with van der Waals surface area (Å²) in [6.45, 7) is 4.01. The van der Waals surface area contributed by atoms with Gasteiger partial charge in [0.15, 0.2) is 0 Å². The number of piperazine rings is 1. The number of nitrogens with zero attached hydrogens (tertiary/aromatic N) is 2. The molecule has 0 amide bonds. The fraction of sp³-hybridized carbons (Fsp3) is 0.400. The van der Waals surface area contributed by atoms with Gasteiger partial charge in [-0.25, -0.2) is 8.78 Å². The van der Waals surface area contributed by atoms with Gasteiger partial charge in [-0.05, 0) is 29.7 Å². The van der Waals surface area contributed by atoms with Crippen molar-refractivity contribution in [1.82, 2.24) is 9.80 Å². The average Bonchev–Trinajstić information content (AvgIpc) is 2.57. The molecule has 1 fully saturated rings. The Morgan fingerprint density at radius 2 is 1.64 bits per heavy atom. The minimum Gasteiger partial charge on any atom is -0.396 e. The van der Waals surface area contributed by atoms with Gasteiger partial charge < -0.3 is 5.11 Å². The van der Waals surface area contributed by atoms with E-state index in [2.05, 4.69) is 21.9 Å². The molecular formula is C20H24F2N2O. The fourth-order valence-electron chi connectivity index (χ4n) is 3.51. The molecule has 0 saturated carbocycles. The molecule has 1 unspecified atom stereocenters. The van der Waals surface area contributed by atoms with Crippen molar-refractivity contribution in [2.45, 2.75) is 25.6 Å². The van der Waals surface area contributed by atoms with Crippen molar-refractivity contribution < 1.29 is 13.9 Å². The highest BCUT2D eigenvalue weighted by Crippen LogP contribution is 2.19. The zero-order chi connectivity index (χ0) is 17.6. The molecule has 1 N–H and O–H groups in total. The van der Waals surface area contributed by atoms with Crippen LogP contribution in [0.4, 0.5) is 8.78 Å². The monoisotopic (exact) mass is 346 g/mol. The Morgan fingerprint density at radius 3 is 2.32 bits per heavy atom. The van der Waals surface area contributed by atoms with Crippen LogP contribution in [0.3, 0.4) is 0 Å². The van der Waals surface area contributed by atoms with Crippen LogP contribution >= 0.6 is 0 Å². The summed E-state index contributed by atoms with van der Waals surface area (Å²) in [6, 6.07) is 14.2. The normalized spacial score (nSPS) is 19.2. The first-order chi connectivity index (χ1) is 12.1. The van der Waals surface area contributed by atoms with Gasteiger partial charge in [0.2, 0.25) is 0 Å². The molecule has 1 atom stereocenters. The molecule has 0 aromatic heterocycles. The van der Waals surface area contributed by atoms with E-state index in [1.165, 1.54) is 17.7 Å². The highest BCUT2D eigenvalue weighted by Gasteiger charge is 2.26. The lowest BCUT2D eigenvalue weighted by Crippen LogP contribution is -2.52. The van der Waals surface area contributed by atoms with E-state index in [1.807, 2.05) is 18.2 Å². The van der Waals surface area contributed by atoms with Crippen molar-refractivity contribution in [2.75, 3.05) is 26.2 Å². The first-order valence-corrected chi connectivity index (χ1v) is 8.70. The summed E-state index contributed by atoms with van der Waals surface area (Å²) in [5, 5.41) is 9.41. The number of aliphatic hydroxyl groups is 1. The number of benzene rings is 2. The molecule has 1 aliphatic rings. The molecule has 0 radical (unpaired) electrons. The van der Waals surface area contributed by atoms with Crippen molar-refractivity contribution in [3.63, 3.8) is 0 Å². The Kier molecular flexibility index (Phi) is 6.13. The third kappa shape index (κ3) is 5.08. The Hall–Kier alpha value is -1.82. The Morgan fingerprint density at radius 1 is 0.920 bits per heavy atom. The van der Waals surface area contributed by atoms with Crippen molar-refractivity contribution >= 4 is 0 Å². The zero-order valence-corrected chi connectivity index (χ0v) is 14.2. The molecule has 0 aliphatic carbocycles. The molecule has 134 valence electrons. The van der Waals surface area contributed by atoms with E-state index in [0.717, 1.165) is 32.2 Å². The summed E-state index contributed by atoms with van der Waals surface area (Å²) in [4.78, 5) is 4.59. The lowest BCUT2D eigenvalue weighted by atomic mass is 10.1. The quantitative estimate of drug-likeness (QED) is 0.871. The van der Waals surface area contributed by atoms with Gasteiger partial charge in [0, 0.05) is 51.4 Å². The van der Waals surface area contributed by atoms with Crippen molar-refractivity contribution in [2.24, 2.45) is 0 Å². The molecule has 0 bridgehead atoms.